The molecule has 1 aliphatic carbocycles. The monoisotopic (exact) mass is 429 g/mol. The minimum Gasteiger partial charge on any atom is -0.356 e. The van der Waals surface area contributed by atoms with Crippen LogP contribution in [0.1, 0.15) is 50.8 Å². The number of anilines is 2. The number of carbonyl (C=O) groups is 2. The number of alkyl halides is 3. The molecule has 0 fully saturated rings. The lowest BCUT2D eigenvalue weighted by atomic mass is 9.73. The lowest BCUT2D eigenvalue weighted by Crippen LogP contribution is -2.38. The first-order valence-corrected chi connectivity index (χ1v) is 9.92. The maximum Gasteiger partial charge on any atom is 0.416 e. The van der Waals surface area contributed by atoms with Gasteiger partial charge in [-0.05, 0) is 35.6 Å². The van der Waals surface area contributed by atoms with Crippen molar-refractivity contribution in [1.82, 2.24) is 4.98 Å². The Morgan fingerprint density at radius 1 is 1.16 bits per heavy atom. The fourth-order valence-electron chi connectivity index (χ4n) is 4.41. The van der Waals surface area contributed by atoms with Crippen molar-refractivity contribution in [3.8, 4) is 0 Å². The second-order valence-corrected chi connectivity index (χ2v) is 8.76. The van der Waals surface area contributed by atoms with Crippen molar-refractivity contribution in [2.45, 2.75) is 45.8 Å². The normalized spacial score (nSPS) is 20.5. The smallest absolute Gasteiger partial charge is 0.356 e. The Morgan fingerprint density at radius 3 is 2.45 bits per heavy atom. The number of nitrogens with one attached hydrogen (secondary N) is 1. The molecule has 0 radical (unpaired) electrons. The number of rotatable bonds is 1. The number of carbonyl (C=O) groups excluding carboxylic acids is 2. The van der Waals surface area contributed by atoms with Crippen molar-refractivity contribution in [2.75, 3.05) is 10.2 Å². The molecule has 0 bridgehead atoms. The van der Waals surface area contributed by atoms with Gasteiger partial charge in [-0.15, -0.1) is 0 Å². The summed E-state index contributed by atoms with van der Waals surface area (Å²) in [7, 11) is 0. The fourth-order valence-corrected chi connectivity index (χ4v) is 4.41. The summed E-state index contributed by atoms with van der Waals surface area (Å²) >= 11 is 0. The number of benzene rings is 1. The lowest BCUT2D eigenvalue weighted by molar-refractivity contribution is -0.137. The van der Waals surface area contributed by atoms with Gasteiger partial charge in [-0.1, -0.05) is 26.0 Å². The molecule has 0 spiro atoms. The second kappa shape index (κ2) is 7.21. The third-order valence-corrected chi connectivity index (χ3v) is 5.69. The van der Waals surface area contributed by atoms with E-state index in [1.54, 1.807) is 12.3 Å². The van der Waals surface area contributed by atoms with E-state index < -0.39 is 17.8 Å². The molecule has 4 rings (SSSR count). The number of pyridine rings is 1. The van der Waals surface area contributed by atoms with Gasteiger partial charge in [0.15, 0.2) is 5.78 Å². The average Bonchev–Trinajstić information content (AvgIpc) is 2.80. The largest absolute Gasteiger partial charge is 0.416 e. The molecule has 0 saturated carbocycles. The van der Waals surface area contributed by atoms with Gasteiger partial charge in [-0.2, -0.15) is 13.2 Å². The molecule has 162 valence electrons. The minimum atomic E-state index is -4.48. The number of amides is 1. The van der Waals surface area contributed by atoms with Crippen molar-refractivity contribution < 1.29 is 22.8 Å². The van der Waals surface area contributed by atoms with Crippen LogP contribution < -0.4 is 10.2 Å². The van der Waals surface area contributed by atoms with Crippen molar-refractivity contribution >= 4 is 23.1 Å². The van der Waals surface area contributed by atoms with Crippen LogP contribution >= 0.6 is 0 Å². The zero-order chi connectivity index (χ0) is 22.6. The van der Waals surface area contributed by atoms with Gasteiger partial charge >= 0.3 is 6.18 Å². The first kappa shape index (κ1) is 21.1. The van der Waals surface area contributed by atoms with E-state index in [1.165, 1.54) is 30.2 Å². The number of nitrogens with zero attached hydrogens (tertiary/aromatic N) is 2. The molecular weight excluding hydrogens is 407 g/mol. The molecule has 0 saturated heterocycles. The Balaban J connectivity index is 1.96. The first-order valence-electron chi connectivity index (χ1n) is 9.92. The highest BCUT2D eigenvalue weighted by Gasteiger charge is 2.43. The number of aromatic nitrogens is 1. The van der Waals surface area contributed by atoms with Crippen LogP contribution in [-0.4, -0.2) is 16.7 Å². The van der Waals surface area contributed by atoms with Gasteiger partial charge in [0.05, 0.1) is 29.2 Å². The third kappa shape index (κ3) is 3.82. The minimum absolute atomic E-state index is 0.129. The molecule has 1 aromatic heterocycles. The van der Waals surface area contributed by atoms with Crippen LogP contribution in [0.15, 0.2) is 54.0 Å². The molecule has 1 aromatic carbocycles. The number of allylic oxidation sites excluding steroid dienone is 1. The summed E-state index contributed by atoms with van der Waals surface area (Å²) in [6.07, 6.45) is -0.513. The van der Waals surface area contributed by atoms with Crippen molar-refractivity contribution in [3.05, 3.63) is 65.1 Å². The van der Waals surface area contributed by atoms with E-state index >= 15 is 0 Å². The number of Topliss-reactive ketones (excluding diaryl/α,β-unsaturated/α-hetero) is 1. The molecule has 8 heteroatoms. The molecule has 1 aliphatic heterocycles. The predicted molar refractivity (Wildman–Crippen MR) is 110 cm³/mol. The van der Waals surface area contributed by atoms with Crippen molar-refractivity contribution in [2.24, 2.45) is 5.41 Å². The summed E-state index contributed by atoms with van der Waals surface area (Å²) in [5, 5.41) is 3.29. The van der Waals surface area contributed by atoms with Crippen LogP contribution in [-0.2, 0) is 15.8 Å². The van der Waals surface area contributed by atoms with Crippen LogP contribution in [0.2, 0.25) is 0 Å². The van der Waals surface area contributed by atoms with Gasteiger partial charge in [0, 0.05) is 30.8 Å². The standard InChI is InChI=1S/C23H22F3N3O2/c1-13(30)29-18-8-9-27-12-17(18)28-16-10-22(2,3)11-19(31)20(16)21(29)14-4-6-15(7-5-14)23(24,25)26/h4-9,12,21,28H,10-11H2,1-3H3. The van der Waals surface area contributed by atoms with E-state index in [1.807, 2.05) is 13.8 Å². The highest BCUT2D eigenvalue weighted by molar-refractivity contribution is 6.05. The quantitative estimate of drug-likeness (QED) is 0.672. The Hall–Kier alpha value is -3.16. The van der Waals surface area contributed by atoms with Crippen LogP contribution in [0, 0.1) is 5.41 Å². The van der Waals surface area contributed by atoms with Crippen molar-refractivity contribution in [1.29, 1.82) is 0 Å². The van der Waals surface area contributed by atoms with E-state index in [-0.39, 0.29) is 23.5 Å². The number of fused-ring (bicyclic) bond motifs is 1. The molecule has 31 heavy (non-hydrogen) atoms. The highest BCUT2D eigenvalue weighted by atomic mass is 19.4. The van der Waals surface area contributed by atoms with Crippen LogP contribution in [0.25, 0.3) is 0 Å². The molecule has 1 amide bonds. The van der Waals surface area contributed by atoms with Gasteiger partial charge < -0.3 is 5.32 Å². The van der Waals surface area contributed by atoms with Gasteiger partial charge in [0.1, 0.15) is 0 Å². The molecule has 2 aliphatic rings. The molecule has 1 N–H and O–H groups in total. The maximum atomic E-state index is 13.3. The Labute approximate surface area is 178 Å². The molecular formula is C23H22F3N3O2. The summed E-state index contributed by atoms with van der Waals surface area (Å²) in [5.74, 6) is -0.457. The van der Waals surface area contributed by atoms with Gasteiger partial charge in [0.25, 0.3) is 0 Å². The number of hydrogen-bond acceptors (Lipinski definition) is 4. The van der Waals surface area contributed by atoms with Gasteiger partial charge in [0.2, 0.25) is 5.91 Å². The summed E-state index contributed by atoms with van der Waals surface area (Å²) < 4.78 is 39.3. The number of halogens is 3. The third-order valence-electron chi connectivity index (χ3n) is 5.69. The summed E-state index contributed by atoms with van der Waals surface area (Å²) in [5.41, 5.74) is 1.54. The summed E-state index contributed by atoms with van der Waals surface area (Å²) in [6, 6.07) is 5.47. The number of ketones is 1. The Bertz CT molecular complexity index is 1090. The SMILES string of the molecule is CC(=O)N1c2ccncc2NC2=C(C(=O)CC(C)(C)C2)C1c1ccc(C(F)(F)F)cc1. The molecule has 1 unspecified atom stereocenters. The molecule has 5 nitrogen and oxygen atoms in total. The number of hydrogen-bond donors (Lipinski definition) is 1. The molecule has 1 atom stereocenters. The topological polar surface area (TPSA) is 62.3 Å². The Morgan fingerprint density at radius 2 is 1.84 bits per heavy atom. The zero-order valence-corrected chi connectivity index (χ0v) is 17.4. The van der Waals surface area contributed by atoms with Gasteiger partial charge in [-0.25, -0.2) is 0 Å². The van der Waals surface area contributed by atoms with E-state index in [0.29, 0.717) is 34.6 Å². The summed E-state index contributed by atoms with van der Waals surface area (Å²) in [4.78, 5) is 31.7. The van der Waals surface area contributed by atoms with Crippen molar-refractivity contribution in [3.63, 3.8) is 0 Å². The second-order valence-electron chi connectivity index (χ2n) is 8.76. The average molecular weight is 429 g/mol. The van der Waals surface area contributed by atoms with E-state index in [0.717, 1.165) is 12.1 Å². The van der Waals surface area contributed by atoms with Crippen LogP contribution in [0.5, 0.6) is 0 Å². The molecule has 2 heterocycles. The predicted octanol–water partition coefficient (Wildman–Crippen LogP) is 5.26. The van der Waals surface area contributed by atoms with E-state index in [9.17, 15) is 22.8 Å². The van der Waals surface area contributed by atoms with Crippen LogP contribution in [0.3, 0.4) is 0 Å². The van der Waals surface area contributed by atoms with E-state index in [2.05, 4.69) is 10.3 Å². The first-order chi connectivity index (χ1) is 14.5. The van der Waals surface area contributed by atoms with Crippen LogP contribution in [0.4, 0.5) is 24.5 Å². The zero-order valence-electron chi connectivity index (χ0n) is 17.4. The summed E-state index contributed by atoms with van der Waals surface area (Å²) in [6.45, 7) is 5.35. The van der Waals surface area contributed by atoms with E-state index in [4.69, 9.17) is 0 Å². The Kier molecular flexibility index (Phi) is 4.91. The molecule has 2 aromatic rings. The highest BCUT2D eigenvalue weighted by Crippen LogP contribution is 2.48. The lowest BCUT2D eigenvalue weighted by Gasteiger charge is -2.36. The fraction of sp³-hybridized carbons (Fsp3) is 0.348. The van der Waals surface area contributed by atoms with Gasteiger partial charge in [-0.3, -0.25) is 19.5 Å². The maximum absolute atomic E-state index is 13.3.